The minimum absolute atomic E-state index is 0.226. The molecule has 2 rings (SSSR count). The van der Waals surface area contributed by atoms with Crippen molar-refractivity contribution in [3.8, 4) is 0 Å². The normalized spacial score (nSPS) is 11.4. The maximum atomic E-state index is 12.4. The van der Waals surface area contributed by atoms with Gasteiger partial charge in [-0.2, -0.15) is 0 Å². The molecule has 0 aliphatic rings. The Morgan fingerprint density at radius 3 is 2.50 bits per heavy atom. The number of benzene rings is 2. The fourth-order valence-electron chi connectivity index (χ4n) is 1.78. The first kappa shape index (κ1) is 15.4. The van der Waals surface area contributed by atoms with Crippen LogP contribution in [0.5, 0.6) is 0 Å². The average molecular weight is 375 g/mol. The van der Waals surface area contributed by atoms with Crippen molar-refractivity contribution in [3.63, 3.8) is 0 Å². The molecule has 1 N–H and O–H groups in total. The molecule has 0 bridgehead atoms. The van der Waals surface area contributed by atoms with Crippen LogP contribution in [0.4, 0.5) is 5.69 Å². The summed E-state index contributed by atoms with van der Waals surface area (Å²) in [6, 6.07) is 10.3. The van der Waals surface area contributed by atoms with E-state index in [1.807, 2.05) is 13.0 Å². The summed E-state index contributed by atoms with van der Waals surface area (Å²) < 4.78 is 28.1. The largest absolute Gasteiger partial charge is 0.278 e. The molecule has 106 valence electrons. The van der Waals surface area contributed by atoms with Gasteiger partial charge in [0, 0.05) is 4.47 Å². The number of rotatable bonds is 3. The number of halogens is 2. The van der Waals surface area contributed by atoms with Gasteiger partial charge in [0.2, 0.25) is 0 Å². The van der Waals surface area contributed by atoms with Crippen molar-refractivity contribution in [1.82, 2.24) is 0 Å². The summed E-state index contributed by atoms with van der Waals surface area (Å²) in [4.78, 5) is 0.226. The molecule has 2 aromatic rings. The first-order chi connectivity index (χ1) is 9.29. The third-order valence-electron chi connectivity index (χ3n) is 2.81. The van der Waals surface area contributed by atoms with Crippen LogP contribution in [0.1, 0.15) is 11.1 Å². The predicted octanol–water partition coefficient (Wildman–Crippen LogP) is 4.52. The summed E-state index contributed by atoms with van der Waals surface area (Å²) in [7, 11) is -3.67. The van der Waals surface area contributed by atoms with Crippen LogP contribution >= 0.6 is 27.5 Å². The van der Waals surface area contributed by atoms with E-state index in [9.17, 15) is 8.42 Å². The molecule has 2 aromatic carbocycles. The van der Waals surface area contributed by atoms with E-state index < -0.39 is 10.0 Å². The van der Waals surface area contributed by atoms with Gasteiger partial charge in [-0.15, -0.1) is 0 Å². The smallest absolute Gasteiger partial charge is 0.262 e. The molecule has 0 saturated heterocycles. The molecule has 0 atom stereocenters. The fraction of sp³-hybridized carbons (Fsp3) is 0.143. The SMILES string of the molecule is Cc1ccc(Cl)c(NS(=O)(=O)c2cc(Br)ccc2C)c1. The zero-order valence-electron chi connectivity index (χ0n) is 10.9. The Morgan fingerprint density at radius 2 is 1.80 bits per heavy atom. The highest BCUT2D eigenvalue weighted by Gasteiger charge is 2.18. The van der Waals surface area contributed by atoms with Crippen LogP contribution in [0.3, 0.4) is 0 Å². The van der Waals surface area contributed by atoms with Crippen LogP contribution in [0, 0.1) is 13.8 Å². The molecule has 0 radical (unpaired) electrons. The van der Waals surface area contributed by atoms with Gasteiger partial charge in [0.1, 0.15) is 0 Å². The van der Waals surface area contributed by atoms with Gasteiger partial charge < -0.3 is 0 Å². The molecule has 0 fully saturated rings. The molecule has 0 aliphatic heterocycles. The molecule has 3 nitrogen and oxygen atoms in total. The molecular weight excluding hydrogens is 362 g/mol. The third kappa shape index (κ3) is 3.34. The summed E-state index contributed by atoms with van der Waals surface area (Å²) in [5.74, 6) is 0. The van der Waals surface area contributed by atoms with E-state index >= 15 is 0 Å². The number of hydrogen-bond acceptors (Lipinski definition) is 2. The van der Waals surface area contributed by atoms with E-state index in [0.717, 1.165) is 5.56 Å². The standard InChI is InChI=1S/C14H13BrClNO2S/c1-9-3-6-12(16)13(7-9)17-20(18,19)14-8-11(15)5-4-10(14)2/h3-8,17H,1-2H3. The second-order valence-electron chi connectivity index (χ2n) is 4.50. The zero-order chi connectivity index (χ0) is 14.9. The number of nitrogens with one attached hydrogen (secondary N) is 1. The van der Waals surface area contributed by atoms with Gasteiger partial charge in [0.25, 0.3) is 10.0 Å². The van der Waals surface area contributed by atoms with Crippen molar-refractivity contribution in [2.45, 2.75) is 18.7 Å². The Morgan fingerprint density at radius 1 is 1.10 bits per heavy atom. The molecule has 20 heavy (non-hydrogen) atoms. The number of aryl methyl sites for hydroxylation is 2. The topological polar surface area (TPSA) is 46.2 Å². The van der Waals surface area contributed by atoms with Gasteiger partial charge in [0.15, 0.2) is 0 Å². The average Bonchev–Trinajstić information content (AvgIpc) is 2.36. The lowest BCUT2D eigenvalue weighted by molar-refractivity contribution is 0.600. The van der Waals surface area contributed by atoms with Crippen molar-refractivity contribution >= 4 is 43.2 Å². The molecule has 0 amide bonds. The monoisotopic (exact) mass is 373 g/mol. The molecule has 0 aromatic heterocycles. The lowest BCUT2D eigenvalue weighted by atomic mass is 10.2. The van der Waals surface area contributed by atoms with Crippen molar-refractivity contribution in [2.75, 3.05) is 4.72 Å². The second-order valence-corrected chi connectivity index (χ2v) is 7.47. The van der Waals surface area contributed by atoms with E-state index in [0.29, 0.717) is 20.7 Å². The third-order valence-corrected chi connectivity index (χ3v) is 5.14. The van der Waals surface area contributed by atoms with Crippen molar-refractivity contribution in [2.24, 2.45) is 0 Å². The molecule has 0 aliphatic carbocycles. The van der Waals surface area contributed by atoms with Gasteiger partial charge in [-0.05, 0) is 49.2 Å². The molecule has 0 spiro atoms. The zero-order valence-corrected chi connectivity index (χ0v) is 14.1. The van der Waals surface area contributed by atoms with Crippen LogP contribution in [0.2, 0.25) is 5.02 Å². The van der Waals surface area contributed by atoms with Crippen molar-refractivity contribution in [3.05, 3.63) is 57.0 Å². The molecule has 0 saturated carbocycles. The van der Waals surface area contributed by atoms with E-state index in [2.05, 4.69) is 20.7 Å². The molecule has 6 heteroatoms. The number of anilines is 1. The van der Waals surface area contributed by atoms with Gasteiger partial charge in [-0.25, -0.2) is 8.42 Å². The Kier molecular flexibility index (Phi) is 4.42. The summed E-state index contributed by atoms with van der Waals surface area (Å²) >= 11 is 9.31. The Bertz CT molecular complexity index is 760. The Labute approximate surface area is 132 Å². The van der Waals surface area contributed by atoms with Gasteiger partial charge in [-0.3, -0.25) is 4.72 Å². The van der Waals surface area contributed by atoms with E-state index in [4.69, 9.17) is 11.6 Å². The lowest BCUT2D eigenvalue weighted by Crippen LogP contribution is -2.14. The quantitative estimate of drug-likeness (QED) is 0.858. The van der Waals surface area contributed by atoms with Crippen LogP contribution < -0.4 is 4.72 Å². The minimum atomic E-state index is -3.67. The Hall–Kier alpha value is -1.04. The second kappa shape index (κ2) is 5.76. The maximum Gasteiger partial charge on any atom is 0.262 e. The highest BCUT2D eigenvalue weighted by molar-refractivity contribution is 9.10. The minimum Gasteiger partial charge on any atom is -0.278 e. The van der Waals surface area contributed by atoms with Crippen molar-refractivity contribution in [1.29, 1.82) is 0 Å². The summed E-state index contributed by atoms with van der Waals surface area (Å²) in [6.07, 6.45) is 0. The number of sulfonamides is 1. The van der Waals surface area contributed by atoms with E-state index in [1.54, 1.807) is 37.3 Å². The maximum absolute atomic E-state index is 12.4. The van der Waals surface area contributed by atoms with Crippen LogP contribution in [0.25, 0.3) is 0 Å². The van der Waals surface area contributed by atoms with Gasteiger partial charge in [0.05, 0.1) is 15.6 Å². The first-order valence-electron chi connectivity index (χ1n) is 5.85. The predicted molar refractivity (Wildman–Crippen MR) is 85.9 cm³/mol. The highest BCUT2D eigenvalue weighted by Crippen LogP contribution is 2.27. The molecular formula is C14H13BrClNO2S. The fourth-order valence-corrected chi connectivity index (χ4v) is 3.86. The molecule has 0 heterocycles. The molecule has 0 unspecified atom stereocenters. The van der Waals surface area contributed by atoms with Gasteiger partial charge in [-0.1, -0.05) is 39.7 Å². The van der Waals surface area contributed by atoms with Gasteiger partial charge >= 0.3 is 0 Å². The van der Waals surface area contributed by atoms with Crippen LogP contribution in [-0.2, 0) is 10.0 Å². The first-order valence-corrected chi connectivity index (χ1v) is 8.50. The summed E-state index contributed by atoms with van der Waals surface area (Å²) in [5.41, 5.74) is 1.98. The summed E-state index contributed by atoms with van der Waals surface area (Å²) in [5, 5.41) is 0.367. The summed E-state index contributed by atoms with van der Waals surface area (Å²) in [6.45, 7) is 3.62. The van der Waals surface area contributed by atoms with Crippen molar-refractivity contribution < 1.29 is 8.42 Å². The van der Waals surface area contributed by atoms with Crippen LogP contribution in [-0.4, -0.2) is 8.42 Å². The Balaban J connectivity index is 2.46. The lowest BCUT2D eigenvalue weighted by Gasteiger charge is -2.12. The number of hydrogen-bond donors (Lipinski definition) is 1. The van der Waals surface area contributed by atoms with Crippen LogP contribution in [0.15, 0.2) is 45.8 Å². The highest BCUT2D eigenvalue weighted by atomic mass is 79.9. The van der Waals surface area contributed by atoms with E-state index in [1.165, 1.54) is 0 Å². The van der Waals surface area contributed by atoms with E-state index in [-0.39, 0.29) is 4.90 Å².